The van der Waals surface area contributed by atoms with Crippen LogP contribution >= 0.6 is 11.6 Å². The Morgan fingerprint density at radius 3 is 2.44 bits per heavy atom. The number of nitrogens with two attached hydrogens (primary N) is 1. The lowest BCUT2D eigenvalue weighted by molar-refractivity contribution is 0.218. The molecule has 2 aromatic rings. The lowest BCUT2D eigenvalue weighted by atomic mass is 10.3. The lowest BCUT2D eigenvalue weighted by Gasteiger charge is -2.10. The highest BCUT2D eigenvalue weighted by Gasteiger charge is 2.01. The molecule has 0 bridgehead atoms. The molecule has 0 heterocycles. The zero-order valence-electron chi connectivity index (χ0n) is 9.80. The molecule has 0 amide bonds. The van der Waals surface area contributed by atoms with Crippen LogP contribution in [-0.4, -0.2) is 13.2 Å². The summed E-state index contributed by atoms with van der Waals surface area (Å²) < 4.78 is 11.0. The molecule has 0 aliphatic heterocycles. The lowest BCUT2D eigenvalue weighted by Crippen LogP contribution is -2.09. The van der Waals surface area contributed by atoms with Crippen molar-refractivity contribution in [3.8, 4) is 11.5 Å². The van der Waals surface area contributed by atoms with Gasteiger partial charge in [-0.2, -0.15) is 0 Å². The van der Waals surface area contributed by atoms with E-state index in [2.05, 4.69) is 0 Å². The summed E-state index contributed by atoms with van der Waals surface area (Å²) in [6, 6.07) is 14.7. The van der Waals surface area contributed by atoms with Crippen molar-refractivity contribution in [2.75, 3.05) is 18.9 Å². The molecule has 0 saturated carbocycles. The van der Waals surface area contributed by atoms with Crippen molar-refractivity contribution in [2.24, 2.45) is 0 Å². The number of hydrogen-bond donors (Lipinski definition) is 1. The zero-order valence-corrected chi connectivity index (χ0v) is 10.6. The smallest absolute Gasteiger partial charge is 0.143 e. The summed E-state index contributed by atoms with van der Waals surface area (Å²) in [4.78, 5) is 0. The number of rotatable bonds is 5. The highest BCUT2D eigenvalue weighted by atomic mass is 35.5. The molecule has 2 rings (SSSR count). The van der Waals surface area contributed by atoms with E-state index in [-0.39, 0.29) is 0 Å². The van der Waals surface area contributed by atoms with Crippen molar-refractivity contribution in [1.82, 2.24) is 0 Å². The Morgan fingerprint density at radius 1 is 0.944 bits per heavy atom. The fourth-order valence-electron chi connectivity index (χ4n) is 1.46. The Balaban J connectivity index is 1.80. The third-order valence-electron chi connectivity index (χ3n) is 2.33. The molecule has 0 spiro atoms. The van der Waals surface area contributed by atoms with Crippen LogP contribution in [0.4, 0.5) is 5.69 Å². The normalized spacial score (nSPS) is 10.1. The Labute approximate surface area is 111 Å². The van der Waals surface area contributed by atoms with E-state index in [1.807, 2.05) is 30.3 Å². The Kier molecular flexibility index (Phi) is 4.31. The second kappa shape index (κ2) is 6.17. The van der Waals surface area contributed by atoms with Gasteiger partial charge in [0.15, 0.2) is 0 Å². The van der Waals surface area contributed by atoms with Crippen LogP contribution in [0.2, 0.25) is 5.02 Å². The molecule has 4 heteroatoms. The second-order valence-electron chi connectivity index (χ2n) is 3.69. The molecule has 2 aromatic carbocycles. The number of para-hydroxylation sites is 1. The molecule has 0 saturated heterocycles. The molecule has 3 nitrogen and oxygen atoms in total. The van der Waals surface area contributed by atoms with E-state index in [1.165, 1.54) is 0 Å². The predicted molar refractivity (Wildman–Crippen MR) is 73.3 cm³/mol. The maximum atomic E-state index is 5.86. The Bertz CT molecular complexity index is 502. The monoisotopic (exact) mass is 263 g/mol. The highest BCUT2D eigenvalue weighted by molar-refractivity contribution is 6.30. The van der Waals surface area contributed by atoms with Crippen LogP contribution in [0.3, 0.4) is 0 Å². The van der Waals surface area contributed by atoms with Gasteiger partial charge >= 0.3 is 0 Å². The molecular weight excluding hydrogens is 250 g/mol. The second-order valence-corrected chi connectivity index (χ2v) is 4.13. The molecule has 94 valence electrons. The largest absolute Gasteiger partial charge is 0.490 e. The highest BCUT2D eigenvalue weighted by Crippen LogP contribution is 2.25. The topological polar surface area (TPSA) is 44.5 Å². The molecule has 0 atom stereocenters. The van der Waals surface area contributed by atoms with Gasteiger partial charge in [0, 0.05) is 11.1 Å². The van der Waals surface area contributed by atoms with Crippen molar-refractivity contribution in [3.63, 3.8) is 0 Å². The number of nitrogen functional groups attached to an aromatic ring is 1. The summed E-state index contributed by atoms with van der Waals surface area (Å²) in [5, 5.41) is 0.600. The van der Waals surface area contributed by atoms with Crippen molar-refractivity contribution in [1.29, 1.82) is 0 Å². The molecule has 18 heavy (non-hydrogen) atoms. The minimum Gasteiger partial charge on any atom is -0.490 e. The summed E-state index contributed by atoms with van der Waals surface area (Å²) in [5.41, 5.74) is 6.33. The van der Waals surface area contributed by atoms with Gasteiger partial charge in [0.1, 0.15) is 24.7 Å². The summed E-state index contributed by atoms with van der Waals surface area (Å²) in [5.74, 6) is 1.40. The van der Waals surface area contributed by atoms with E-state index in [4.69, 9.17) is 26.8 Å². The summed E-state index contributed by atoms with van der Waals surface area (Å²) in [6.45, 7) is 0.870. The quantitative estimate of drug-likeness (QED) is 0.664. The van der Waals surface area contributed by atoms with Crippen LogP contribution < -0.4 is 15.2 Å². The van der Waals surface area contributed by atoms with Gasteiger partial charge in [-0.25, -0.2) is 0 Å². The molecule has 0 aliphatic carbocycles. The third-order valence-corrected chi connectivity index (χ3v) is 2.56. The Morgan fingerprint density at radius 2 is 1.67 bits per heavy atom. The van der Waals surface area contributed by atoms with Gasteiger partial charge in [-0.15, -0.1) is 0 Å². The van der Waals surface area contributed by atoms with Crippen molar-refractivity contribution in [3.05, 3.63) is 53.6 Å². The molecule has 0 aromatic heterocycles. The minimum atomic E-state index is 0.416. The van der Waals surface area contributed by atoms with Gasteiger partial charge in [0.05, 0.1) is 5.69 Å². The molecule has 0 radical (unpaired) electrons. The Hall–Kier alpha value is -1.87. The summed E-state index contributed by atoms with van der Waals surface area (Å²) in [6.07, 6.45) is 0. The number of hydrogen-bond acceptors (Lipinski definition) is 3. The number of benzene rings is 2. The van der Waals surface area contributed by atoms with Gasteiger partial charge in [0.2, 0.25) is 0 Å². The first-order chi connectivity index (χ1) is 8.75. The number of ether oxygens (including phenoxy) is 2. The van der Waals surface area contributed by atoms with Crippen LogP contribution in [0.1, 0.15) is 0 Å². The zero-order chi connectivity index (χ0) is 12.8. The standard InChI is InChI=1S/C14H14ClNO2/c15-11-6-7-13(16)14(10-11)18-9-8-17-12-4-2-1-3-5-12/h1-7,10H,8-9,16H2. The molecule has 0 fully saturated rings. The maximum absolute atomic E-state index is 5.86. The van der Waals surface area contributed by atoms with E-state index in [0.29, 0.717) is 29.7 Å². The first-order valence-corrected chi connectivity index (χ1v) is 5.99. The van der Waals surface area contributed by atoms with Crippen molar-refractivity contribution < 1.29 is 9.47 Å². The van der Waals surface area contributed by atoms with Gasteiger partial charge < -0.3 is 15.2 Å². The maximum Gasteiger partial charge on any atom is 0.143 e. The van der Waals surface area contributed by atoms with Crippen molar-refractivity contribution >= 4 is 17.3 Å². The minimum absolute atomic E-state index is 0.416. The first kappa shape index (κ1) is 12.6. The molecule has 0 unspecified atom stereocenters. The average molecular weight is 264 g/mol. The molecule has 2 N–H and O–H groups in total. The first-order valence-electron chi connectivity index (χ1n) is 5.61. The fraction of sp³-hybridized carbons (Fsp3) is 0.143. The molecular formula is C14H14ClNO2. The van der Waals surface area contributed by atoms with Gasteiger partial charge in [-0.1, -0.05) is 29.8 Å². The molecule has 0 aliphatic rings. The van der Waals surface area contributed by atoms with E-state index in [1.54, 1.807) is 18.2 Å². The third kappa shape index (κ3) is 3.57. The van der Waals surface area contributed by atoms with E-state index in [9.17, 15) is 0 Å². The van der Waals surface area contributed by atoms with Gasteiger partial charge in [0.25, 0.3) is 0 Å². The summed E-state index contributed by atoms with van der Waals surface area (Å²) in [7, 11) is 0. The van der Waals surface area contributed by atoms with Crippen molar-refractivity contribution in [2.45, 2.75) is 0 Å². The van der Waals surface area contributed by atoms with E-state index >= 15 is 0 Å². The summed E-state index contributed by atoms with van der Waals surface area (Å²) >= 11 is 5.86. The van der Waals surface area contributed by atoms with Gasteiger partial charge in [-0.05, 0) is 24.3 Å². The van der Waals surface area contributed by atoms with E-state index in [0.717, 1.165) is 5.75 Å². The van der Waals surface area contributed by atoms with Crippen LogP contribution in [-0.2, 0) is 0 Å². The average Bonchev–Trinajstić information content (AvgIpc) is 2.40. The van der Waals surface area contributed by atoms with Gasteiger partial charge in [-0.3, -0.25) is 0 Å². The van der Waals surface area contributed by atoms with Crippen LogP contribution in [0.5, 0.6) is 11.5 Å². The van der Waals surface area contributed by atoms with E-state index < -0.39 is 0 Å². The number of anilines is 1. The number of halogens is 1. The fourth-order valence-corrected chi connectivity index (χ4v) is 1.62. The van der Waals surface area contributed by atoms with Crippen LogP contribution in [0.15, 0.2) is 48.5 Å². The SMILES string of the molecule is Nc1ccc(Cl)cc1OCCOc1ccccc1. The predicted octanol–water partition coefficient (Wildman–Crippen LogP) is 3.38. The van der Waals surface area contributed by atoms with Crippen LogP contribution in [0, 0.1) is 0 Å². The van der Waals surface area contributed by atoms with Crippen LogP contribution in [0.25, 0.3) is 0 Å².